The average Bonchev–Trinajstić information content (AvgIpc) is 2.73. The maximum absolute atomic E-state index is 12.8. The van der Waals surface area contributed by atoms with Gasteiger partial charge in [-0.15, -0.1) is 11.8 Å². The smallest absolute Gasteiger partial charge is 0.339 e. The van der Waals surface area contributed by atoms with E-state index < -0.39 is 5.97 Å². The lowest BCUT2D eigenvalue weighted by atomic mass is 9.53. The maximum Gasteiger partial charge on any atom is 0.339 e. The number of amides is 2. The highest BCUT2D eigenvalue weighted by Gasteiger charge is 2.51. The molecule has 32 heavy (non-hydrogen) atoms. The van der Waals surface area contributed by atoms with Crippen LogP contribution >= 0.6 is 11.8 Å². The first kappa shape index (κ1) is 23.1. The van der Waals surface area contributed by atoms with Crippen molar-refractivity contribution in [3.05, 3.63) is 29.8 Å². The highest BCUT2D eigenvalue weighted by atomic mass is 32.2. The van der Waals surface area contributed by atoms with Gasteiger partial charge in [0.15, 0.2) is 6.61 Å². The molecule has 4 saturated carbocycles. The van der Waals surface area contributed by atoms with Crippen LogP contribution in [0.3, 0.4) is 0 Å². The topological polar surface area (TPSA) is 84.5 Å². The van der Waals surface area contributed by atoms with Crippen LogP contribution in [-0.4, -0.2) is 42.2 Å². The van der Waals surface area contributed by atoms with Gasteiger partial charge in [0.25, 0.3) is 5.91 Å². The van der Waals surface area contributed by atoms with Gasteiger partial charge in [-0.2, -0.15) is 0 Å². The Kier molecular flexibility index (Phi) is 7.13. The zero-order chi connectivity index (χ0) is 22.7. The molecule has 4 aliphatic rings. The lowest BCUT2D eigenvalue weighted by Crippen LogP contribution is -2.60. The molecular formula is C25H34N2O4S. The van der Waals surface area contributed by atoms with E-state index in [0.29, 0.717) is 22.9 Å². The third-order valence-electron chi connectivity index (χ3n) is 6.95. The second kappa shape index (κ2) is 9.86. The number of ether oxygens (including phenoxy) is 1. The molecule has 4 bridgehead atoms. The summed E-state index contributed by atoms with van der Waals surface area (Å²) in [5.41, 5.74) is 0.380. The van der Waals surface area contributed by atoms with Crippen molar-refractivity contribution >= 4 is 29.5 Å². The van der Waals surface area contributed by atoms with Crippen LogP contribution in [0.5, 0.6) is 0 Å². The Morgan fingerprint density at radius 1 is 1.03 bits per heavy atom. The van der Waals surface area contributed by atoms with Crippen molar-refractivity contribution in [3.8, 4) is 0 Å². The van der Waals surface area contributed by atoms with Crippen LogP contribution in [-0.2, 0) is 14.3 Å². The third kappa shape index (κ3) is 5.66. The Morgan fingerprint density at radius 2 is 1.66 bits per heavy atom. The predicted molar refractivity (Wildman–Crippen MR) is 124 cm³/mol. The quantitative estimate of drug-likeness (QED) is 0.434. The van der Waals surface area contributed by atoms with Crippen LogP contribution in [0.4, 0.5) is 0 Å². The van der Waals surface area contributed by atoms with Crippen molar-refractivity contribution in [3.63, 3.8) is 0 Å². The van der Waals surface area contributed by atoms with E-state index in [2.05, 4.69) is 10.6 Å². The second-order valence-electron chi connectivity index (χ2n) is 10.3. The van der Waals surface area contributed by atoms with Crippen LogP contribution < -0.4 is 10.6 Å². The second-order valence-corrected chi connectivity index (χ2v) is 11.3. The molecular weight excluding hydrogens is 424 g/mol. The van der Waals surface area contributed by atoms with E-state index in [4.69, 9.17) is 4.74 Å². The molecule has 0 atom stereocenters. The van der Waals surface area contributed by atoms with E-state index in [1.165, 1.54) is 31.0 Å². The molecule has 1 aromatic rings. The summed E-state index contributed by atoms with van der Waals surface area (Å²) in [5, 5.41) is 6.11. The minimum Gasteiger partial charge on any atom is -0.452 e. The molecule has 2 amide bonds. The van der Waals surface area contributed by atoms with E-state index in [1.54, 1.807) is 12.1 Å². The van der Waals surface area contributed by atoms with Gasteiger partial charge < -0.3 is 15.4 Å². The molecule has 2 N–H and O–H groups in total. The van der Waals surface area contributed by atoms with E-state index in [9.17, 15) is 14.4 Å². The van der Waals surface area contributed by atoms with Gasteiger partial charge in [-0.25, -0.2) is 4.79 Å². The molecule has 5 rings (SSSR count). The summed E-state index contributed by atoms with van der Waals surface area (Å²) in [6, 6.07) is 7.09. The van der Waals surface area contributed by atoms with Gasteiger partial charge in [0.1, 0.15) is 0 Å². The molecule has 0 spiro atoms. The fraction of sp³-hybridized carbons (Fsp3) is 0.640. The minimum absolute atomic E-state index is 0.00576. The van der Waals surface area contributed by atoms with Gasteiger partial charge in [-0.3, -0.25) is 9.59 Å². The van der Waals surface area contributed by atoms with Gasteiger partial charge in [0, 0.05) is 17.0 Å². The first-order valence-corrected chi connectivity index (χ1v) is 12.8. The number of thioether (sulfide) groups is 1. The molecule has 0 saturated heterocycles. The van der Waals surface area contributed by atoms with Crippen molar-refractivity contribution in [2.24, 2.45) is 23.7 Å². The lowest BCUT2D eigenvalue weighted by molar-refractivity contribution is -0.125. The van der Waals surface area contributed by atoms with Crippen LogP contribution in [0, 0.1) is 23.7 Å². The first-order chi connectivity index (χ1) is 15.3. The van der Waals surface area contributed by atoms with Crippen molar-refractivity contribution < 1.29 is 19.1 Å². The summed E-state index contributed by atoms with van der Waals surface area (Å²) >= 11 is 1.35. The molecule has 0 aromatic heterocycles. The SMILES string of the molecule is CC(C)CNC(=O)COC(=O)c1ccccc1SCC(=O)NC12CC3CC(CC(C3)C1)C2. The molecule has 4 fully saturated rings. The zero-order valence-corrected chi connectivity index (χ0v) is 19.8. The van der Waals surface area contributed by atoms with E-state index in [0.717, 1.165) is 37.0 Å². The van der Waals surface area contributed by atoms with Crippen LogP contribution in [0.15, 0.2) is 29.2 Å². The van der Waals surface area contributed by atoms with Crippen molar-refractivity contribution in [2.45, 2.75) is 62.8 Å². The van der Waals surface area contributed by atoms with Crippen LogP contribution in [0.1, 0.15) is 62.7 Å². The number of rotatable bonds is 9. The largest absolute Gasteiger partial charge is 0.452 e. The molecule has 0 radical (unpaired) electrons. The number of carbonyl (C=O) groups is 3. The number of esters is 1. The Bertz CT molecular complexity index is 834. The summed E-state index contributed by atoms with van der Waals surface area (Å²) in [6.45, 7) is 4.23. The standard InChI is InChI=1S/C25H34N2O4S/c1-16(2)13-26-22(28)14-31-24(30)20-5-3-4-6-21(20)32-15-23(29)27-25-10-17-7-18(11-25)9-19(8-17)12-25/h3-6,16-19H,7-15H2,1-2H3,(H,26,28)(H,27,29). The van der Waals surface area contributed by atoms with E-state index in [-0.39, 0.29) is 29.7 Å². The summed E-state index contributed by atoms with van der Waals surface area (Å²) in [4.78, 5) is 37.9. The molecule has 6 nitrogen and oxygen atoms in total. The Labute approximate surface area is 194 Å². The monoisotopic (exact) mass is 458 g/mol. The van der Waals surface area contributed by atoms with E-state index >= 15 is 0 Å². The zero-order valence-electron chi connectivity index (χ0n) is 19.0. The number of hydrogen-bond donors (Lipinski definition) is 2. The van der Waals surface area contributed by atoms with Gasteiger partial charge >= 0.3 is 5.97 Å². The highest BCUT2D eigenvalue weighted by Crippen LogP contribution is 2.55. The van der Waals surface area contributed by atoms with E-state index in [1.807, 2.05) is 26.0 Å². The van der Waals surface area contributed by atoms with Crippen LogP contribution in [0.25, 0.3) is 0 Å². The summed E-state index contributed by atoms with van der Waals surface area (Å²) < 4.78 is 5.20. The molecule has 7 heteroatoms. The normalized spacial score (nSPS) is 27.9. The molecule has 1 aromatic carbocycles. The summed E-state index contributed by atoms with van der Waals surface area (Å²) in [6.07, 6.45) is 7.39. The minimum atomic E-state index is -0.547. The Hall–Kier alpha value is -2.02. The summed E-state index contributed by atoms with van der Waals surface area (Å²) in [7, 11) is 0. The fourth-order valence-corrected chi connectivity index (χ4v) is 6.92. The van der Waals surface area contributed by atoms with Gasteiger partial charge in [0.05, 0.1) is 11.3 Å². The summed E-state index contributed by atoms with van der Waals surface area (Å²) in [5.74, 6) is 2.11. The molecule has 0 unspecified atom stereocenters. The maximum atomic E-state index is 12.8. The number of nitrogens with one attached hydrogen (secondary N) is 2. The van der Waals surface area contributed by atoms with Crippen LogP contribution in [0.2, 0.25) is 0 Å². The number of carbonyl (C=O) groups excluding carboxylic acids is 3. The lowest BCUT2D eigenvalue weighted by Gasteiger charge is -2.56. The van der Waals surface area contributed by atoms with Crippen molar-refractivity contribution in [2.75, 3.05) is 18.9 Å². The van der Waals surface area contributed by atoms with Gasteiger partial charge in [-0.05, 0) is 74.3 Å². The average molecular weight is 459 g/mol. The van der Waals surface area contributed by atoms with Crippen molar-refractivity contribution in [1.29, 1.82) is 0 Å². The Balaban J connectivity index is 1.29. The molecule has 174 valence electrons. The third-order valence-corrected chi connectivity index (χ3v) is 8.02. The van der Waals surface area contributed by atoms with Gasteiger partial charge in [0.2, 0.25) is 5.91 Å². The van der Waals surface area contributed by atoms with Gasteiger partial charge in [-0.1, -0.05) is 26.0 Å². The molecule has 0 aliphatic heterocycles. The fourth-order valence-electron chi connectivity index (χ4n) is 6.08. The predicted octanol–water partition coefficient (Wildman–Crippen LogP) is 3.79. The van der Waals surface area contributed by atoms with Crippen molar-refractivity contribution in [1.82, 2.24) is 10.6 Å². The molecule has 0 heterocycles. The number of hydrogen-bond acceptors (Lipinski definition) is 5. The molecule has 4 aliphatic carbocycles. The first-order valence-electron chi connectivity index (χ1n) is 11.8. The Morgan fingerprint density at radius 3 is 2.28 bits per heavy atom. The highest BCUT2D eigenvalue weighted by molar-refractivity contribution is 8.00. The number of benzene rings is 1.